The van der Waals surface area contributed by atoms with Gasteiger partial charge in [-0.05, 0) is 17.7 Å². The van der Waals surface area contributed by atoms with Crippen molar-refractivity contribution in [2.24, 2.45) is 0 Å². The molecule has 1 aromatic rings. The van der Waals surface area contributed by atoms with Crippen LogP contribution >= 0.6 is 0 Å². The van der Waals surface area contributed by atoms with Gasteiger partial charge in [0, 0.05) is 13.0 Å². The third-order valence-corrected chi connectivity index (χ3v) is 2.06. The maximum Gasteiger partial charge on any atom is 0.340 e. The van der Waals surface area contributed by atoms with Crippen LogP contribution in [0.2, 0.25) is 0 Å². The largest absolute Gasteiger partial charge is 0.465 e. The maximum atomic E-state index is 13.4. The monoisotopic (exact) mass is 239 g/mol. The van der Waals surface area contributed by atoms with Crippen LogP contribution in [0.25, 0.3) is 6.08 Å². The average Bonchev–Trinajstić information content (AvgIpc) is 2.28. The van der Waals surface area contributed by atoms with Gasteiger partial charge in [-0.25, -0.2) is 9.18 Å². The molecule has 0 amide bonds. The van der Waals surface area contributed by atoms with E-state index < -0.39 is 16.7 Å². The molecule has 5 nitrogen and oxygen atoms in total. The predicted octanol–water partition coefficient (Wildman–Crippen LogP) is 2.25. The van der Waals surface area contributed by atoms with E-state index in [2.05, 4.69) is 4.74 Å². The first-order chi connectivity index (χ1) is 7.95. The van der Waals surface area contributed by atoms with Crippen molar-refractivity contribution in [1.29, 1.82) is 0 Å². The molecule has 17 heavy (non-hydrogen) atoms. The second kappa shape index (κ2) is 5.20. The Morgan fingerprint density at radius 2 is 2.18 bits per heavy atom. The number of carbonyl (C=O) groups excluding carboxylic acids is 1. The SMILES string of the molecule is COC(=O)c1ccc(/C=C(\C)[N+](=O)[O-])cc1F. The summed E-state index contributed by atoms with van der Waals surface area (Å²) in [5.74, 6) is -1.56. The van der Waals surface area contributed by atoms with Crippen LogP contribution in [0.1, 0.15) is 22.8 Å². The molecule has 0 spiro atoms. The molecule has 0 aliphatic rings. The third-order valence-electron chi connectivity index (χ3n) is 2.06. The number of methoxy groups -OCH3 is 1. The van der Waals surface area contributed by atoms with Gasteiger partial charge in [0.25, 0.3) is 0 Å². The Morgan fingerprint density at radius 1 is 1.53 bits per heavy atom. The summed E-state index contributed by atoms with van der Waals surface area (Å²) >= 11 is 0. The number of allylic oxidation sites excluding steroid dienone is 1. The van der Waals surface area contributed by atoms with Crippen molar-refractivity contribution < 1.29 is 18.8 Å². The number of rotatable bonds is 3. The summed E-state index contributed by atoms with van der Waals surface area (Å²) in [6, 6.07) is 3.67. The van der Waals surface area contributed by atoms with Gasteiger partial charge in [0.15, 0.2) is 0 Å². The van der Waals surface area contributed by atoms with E-state index in [9.17, 15) is 19.3 Å². The molecule has 90 valence electrons. The highest BCUT2D eigenvalue weighted by Gasteiger charge is 2.12. The fourth-order valence-corrected chi connectivity index (χ4v) is 1.19. The standard InChI is InChI=1S/C11H10FNO4/c1-7(13(15)16)5-8-3-4-9(10(12)6-8)11(14)17-2/h3-6H,1-2H3/b7-5+. The van der Waals surface area contributed by atoms with Crippen LogP contribution in [0.4, 0.5) is 4.39 Å². The van der Waals surface area contributed by atoms with E-state index in [0.29, 0.717) is 5.56 Å². The van der Waals surface area contributed by atoms with Gasteiger partial charge >= 0.3 is 5.97 Å². The molecule has 0 heterocycles. The highest BCUT2D eigenvalue weighted by Crippen LogP contribution is 2.14. The molecular formula is C11H10FNO4. The molecule has 0 radical (unpaired) electrons. The third kappa shape index (κ3) is 3.10. The molecule has 0 bridgehead atoms. The van der Waals surface area contributed by atoms with Gasteiger partial charge in [-0.1, -0.05) is 6.07 Å². The summed E-state index contributed by atoms with van der Waals surface area (Å²) in [5, 5.41) is 10.4. The maximum absolute atomic E-state index is 13.4. The molecular weight excluding hydrogens is 229 g/mol. The molecule has 0 unspecified atom stereocenters. The molecule has 0 atom stereocenters. The van der Waals surface area contributed by atoms with Crippen molar-refractivity contribution in [3.63, 3.8) is 0 Å². The molecule has 0 fully saturated rings. The summed E-state index contributed by atoms with van der Waals surface area (Å²) in [5.41, 5.74) is -0.0111. The molecule has 0 aliphatic carbocycles. The highest BCUT2D eigenvalue weighted by molar-refractivity contribution is 5.89. The van der Waals surface area contributed by atoms with E-state index in [1.807, 2.05) is 0 Å². The first-order valence-electron chi connectivity index (χ1n) is 4.66. The molecule has 6 heteroatoms. The van der Waals surface area contributed by atoms with E-state index >= 15 is 0 Å². The second-order valence-corrected chi connectivity index (χ2v) is 3.27. The molecule has 0 saturated carbocycles. The fourth-order valence-electron chi connectivity index (χ4n) is 1.19. The first-order valence-corrected chi connectivity index (χ1v) is 4.66. The summed E-state index contributed by atoms with van der Waals surface area (Å²) in [4.78, 5) is 20.9. The van der Waals surface area contributed by atoms with Crippen molar-refractivity contribution in [1.82, 2.24) is 0 Å². The predicted molar refractivity (Wildman–Crippen MR) is 58.4 cm³/mol. The van der Waals surface area contributed by atoms with Crippen molar-refractivity contribution in [2.45, 2.75) is 6.92 Å². The van der Waals surface area contributed by atoms with Crippen LogP contribution in [0, 0.1) is 15.9 Å². The average molecular weight is 239 g/mol. The number of benzene rings is 1. The van der Waals surface area contributed by atoms with Gasteiger partial charge in [-0.15, -0.1) is 0 Å². The fraction of sp³-hybridized carbons (Fsp3) is 0.182. The lowest BCUT2D eigenvalue weighted by Gasteiger charge is -2.01. The summed E-state index contributed by atoms with van der Waals surface area (Å²) < 4.78 is 17.8. The lowest BCUT2D eigenvalue weighted by Crippen LogP contribution is -2.04. The van der Waals surface area contributed by atoms with Crippen molar-refractivity contribution in [2.75, 3.05) is 7.11 Å². The minimum Gasteiger partial charge on any atom is -0.465 e. The van der Waals surface area contributed by atoms with Crippen LogP contribution in [-0.2, 0) is 4.74 Å². The minimum atomic E-state index is -0.788. The number of esters is 1. The molecule has 1 aromatic carbocycles. The van der Waals surface area contributed by atoms with Crippen molar-refractivity contribution in [3.05, 3.63) is 51.0 Å². The number of ether oxygens (including phenoxy) is 1. The number of hydrogen-bond acceptors (Lipinski definition) is 4. The quantitative estimate of drug-likeness (QED) is 0.461. The lowest BCUT2D eigenvalue weighted by atomic mass is 10.1. The summed E-state index contributed by atoms with van der Waals surface area (Å²) in [7, 11) is 1.15. The number of nitro groups is 1. The molecule has 0 aromatic heterocycles. The zero-order chi connectivity index (χ0) is 13.0. The Balaban J connectivity index is 3.09. The van der Waals surface area contributed by atoms with Crippen molar-refractivity contribution in [3.8, 4) is 0 Å². The second-order valence-electron chi connectivity index (χ2n) is 3.27. The smallest absolute Gasteiger partial charge is 0.340 e. The Kier molecular flexibility index (Phi) is 3.92. The topological polar surface area (TPSA) is 69.4 Å². The zero-order valence-electron chi connectivity index (χ0n) is 9.27. The highest BCUT2D eigenvalue weighted by atomic mass is 19.1. The number of nitrogens with zero attached hydrogens (tertiary/aromatic N) is 1. The first kappa shape index (κ1) is 12.8. The van der Waals surface area contributed by atoms with Crippen LogP contribution in [0.3, 0.4) is 0 Å². The van der Waals surface area contributed by atoms with Gasteiger partial charge in [0.05, 0.1) is 17.6 Å². The van der Waals surface area contributed by atoms with Gasteiger partial charge in [-0.3, -0.25) is 10.1 Å². The molecule has 0 N–H and O–H groups in total. The zero-order valence-corrected chi connectivity index (χ0v) is 9.27. The number of carbonyl (C=O) groups is 1. The number of hydrogen-bond donors (Lipinski definition) is 0. The van der Waals surface area contributed by atoms with Crippen LogP contribution < -0.4 is 0 Å². The molecule has 0 aliphatic heterocycles. The van der Waals surface area contributed by atoms with Crippen LogP contribution in [-0.4, -0.2) is 18.0 Å². The van der Waals surface area contributed by atoms with Gasteiger partial charge in [-0.2, -0.15) is 0 Å². The summed E-state index contributed by atoms with van der Waals surface area (Å²) in [6.45, 7) is 1.30. The number of halogens is 1. The van der Waals surface area contributed by atoms with E-state index in [1.54, 1.807) is 0 Å². The van der Waals surface area contributed by atoms with E-state index in [1.165, 1.54) is 25.1 Å². The van der Waals surface area contributed by atoms with Crippen LogP contribution in [0.5, 0.6) is 0 Å². The lowest BCUT2D eigenvalue weighted by molar-refractivity contribution is -0.422. The molecule has 0 saturated heterocycles. The molecule has 1 rings (SSSR count). The van der Waals surface area contributed by atoms with Gasteiger partial charge < -0.3 is 4.74 Å². The van der Waals surface area contributed by atoms with Crippen LogP contribution in [0.15, 0.2) is 23.9 Å². The normalized spacial score (nSPS) is 11.1. The Hall–Kier alpha value is -2.24. The summed E-state index contributed by atoms with van der Waals surface area (Å²) in [6.07, 6.45) is 1.21. The van der Waals surface area contributed by atoms with E-state index in [-0.39, 0.29) is 11.3 Å². The van der Waals surface area contributed by atoms with Gasteiger partial charge in [0.2, 0.25) is 5.70 Å². The minimum absolute atomic E-state index is 0.116. The van der Waals surface area contributed by atoms with Gasteiger partial charge in [0.1, 0.15) is 5.82 Å². The Morgan fingerprint density at radius 3 is 2.65 bits per heavy atom. The Labute approximate surface area is 96.7 Å². The van der Waals surface area contributed by atoms with Crippen molar-refractivity contribution >= 4 is 12.0 Å². The van der Waals surface area contributed by atoms with E-state index in [0.717, 1.165) is 13.2 Å². The Bertz CT molecular complexity index is 496. The van der Waals surface area contributed by atoms with E-state index in [4.69, 9.17) is 0 Å².